The second kappa shape index (κ2) is 8.04. The van der Waals surface area contributed by atoms with Crippen LogP contribution in [-0.4, -0.2) is 44.2 Å². The molecule has 0 aliphatic rings. The second-order valence-electron chi connectivity index (χ2n) is 5.25. The number of benzene rings is 1. The first-order chi connectivity index (χ1) is 11.5. The molecule has 0 saturated heterocycles. The predicted octanol–water partition coefficient (Wildman–Crippen LogP) is -0.540. The van der Waals surface area contributed by atoms with Gasteiger partial charge in [-0.25, -0.2) is 4.79 Å². The Kier molecular flexibility index (Phi) is 5.83. The lowest BCUT2D eigenvalue weighted by molar-refractivity contribution is -0.129. The highest BCUT2D eigenvalue weighted by Crippen LogP contribution is 2.00. The molecule has 2 amide bonds. The number of amides is 2. The van der Waals surface area contributed by atoms with E-state index >= 15 is 0 Å². The van der Waals surface area contributed by atoms with Crippen molar-refractivity contribution in [1.29, 1.82) is 0 Å². The van der Waals surface area contributed by atoms with Crippen molar-refractivity contribution < 1.29 is 9.59 Å². The summed E-state index contributed by atoms with van der Waals surface area (Å²) in [6, 6.07) is 8.08. The van der Waals surface area contributed by atoms with E-state index in [0.717, 1.165) is 15.8 Å². The molecule has 2 rings (SSSR count). The minimum Gasteiger partial charge on any atom is -0.354 e. The minimum absolute atomic E-state index is 0.273. The first kappa shape index (κ1) is 17.4. The molecular weight excluding hydrogens is 312 g/mol. The molecule has 1 aromatic heterocycles. The highest BCUT2D eigenvalue weighted by molar-refractivity contribution is 5.87. The van der Waals surface area contributed by atoms with Crippen LogP contribution in [0, 0.1) is 0 Å². The zero-order valence-corrected chi connectivity index (χ0v) is 13.6. The summed E-state index contributed by atoms with van der Waals surface area (Å²) in [7, 11) is 0. The molecule has 24 heavy (non-hydrogen) atoms. The number of hydrogen-bond acceptors (Lipinski definition) is 5. The molecule has 9 heteroatoms. The standard InChI is InChI=1S/C15H20N6O3/c1-3-9-16-14(23)11(2)17-13(22)10-20-15(24)21(19-18-20)12-7-5-4-6-8-12/h4-8,11H,3,9-10H2,1-2H3,(H,16,23)(H,17,22)/t11-/m1/s1. The molecule has 0 spiro atoms. The Balaban J connectivity index is 1.99. The van der Waals surface area contributed by atoms with Crippen molar-refractivity contribution in [3.8, 4) is 5.69 Å². The third-order valence-corrected chi connectivity index (χ3v) is 3.25. The zero-order chi connectivity index (χ0) is 17.5. The number of tetrazole rings is 1. The van der Waals surface area contributed by atoms with E-state index in [2.05, 4.69) is 21.1 Å². The highest BCUT2D eigenvalue weighted by atomic mass is 16.2. The Morgan fingerprint density at radius 3 is 2.58 bits per heavy atom. The lowest BCUT2D eigenvalue weighted by Crippen LogP contribution is -2.46. The molecule has 0 aliphatic heterocycles. The van der Waals surface area contributed by atoms with Crippen LogP contribution in [0.15, 0.2) is 35.1 Å². The van der Waals surface area contributed by atoms with Crippen LogP contribution < -0.4 is 16.3 Å². The van der Waals surface area contributed by atoms with Crippen LogP contribution in [0.2, 0.25) is 0 Å². The molecule has 0 radical (unpaired) electrons. The van der Waals surface area contributed by atoms with Gasteiger partial charge in [-0.1, -0.05) is 25.1 Å². The molecule has 2 aromatic rings. The SMILES string of the molecule is CCCNC(=O)[C@@H](C)NC(=O)Cn1nnn(-c2ccccc2)c1=O. The van der Waals surface area contributed by atoms with Gasteiger partial charge in [0.1, 0.15) is 12.6 Å². The molecule has 1 aromatic carbocycles. The monoisotopic (exact) mass is 332 g/mol. The Bertz CT molecular complexity index is 752. The number of nitrogens with one attached hydrogen (secondary N) is 2. The van der Waals surface area contributed by atoms with Gasteiger partial charge in [-0.05, 0) is 35.9 Å². The van der Waals surface area contributed by atoms with Gasteiger partial charge in [-0.15, -0.1) is 0 Å². The van der Waals surface area contributed by atoms with Gasteiger partial charge in [-0.3, -0.25) is 9.59 Å². The van der Waals surface area contributed by atoms with E-state index in [0.29, 0.717) is 12.2 Å². The van der Waals surface area contributed by atoms with E-state index in [1.165, 1.54) is 0 Å². The average molecular weight is 332 g/mol. The number of carbonyl (C=O) groups excluding carboxylic acids is 2. The van der Waals surface area contributed by atoms with Crippen molar-refractivity contribution >= 4 is 11.8 Å². The van der Waals surface area contributed by atoms with E-state index in [1.54, 1.807) is 31.2 Å². The van der Waals surface area contributed by atoms with Crippen LogP contribution in [0.1, 0.15) is 20.3 Å². The van der Waals surface area contributed by atoms with Crippen molar-refractivity contribution in [2.75, 3.05) is 6.54 Å². The van der Waals surface area contributed by atoms with Crippen molar-refractivity contribution in [1.82, 2.24) is 30.4 Å². The largest absolute Gasteiger partial charge is 0.368 e. The third kappa shape index (κ3) is 4.28. The third-order valence-electron chi connectivity index (χ3n) is 3.25. The van der Waals surface area contributed by atoms with Crippen molar-refractivity contribution in [3.05, 3.63) is 40.8 Å². The van der Waals surface area contributed by atoms with Gasteiger partial charge < -0.3 is 10.6 Å². The second-order valence-corrected chi connectivity index (χ2v) is 5.25. The molecule has 0 aliphatic carbocycles. The molecule has 1 heterocycles. The van der Waals surface area contributed by atoms with E-state index < -0.39 is 17.6 Å². The molecule has 9 nitrogen and oxygen atoms in total. The number of carbonyl (C=O) groups is 2. The van der Waals surface area contributed by atoms with Gasteiger partial charge >= 0.3 is 5.69 Å². The summed E-state index contributed by atoms with van der Waals surface area (Å²) in [5, 5.41) is 12.7. The highest BCUT2D eigenvalue weighted by Gasteiger charge is 2.17. The molecule has 2 N–H and O–H groups in total. The number of aromatic nitrogens is 4. The summed E-state index contributed by atoms with van der Waals surface area (Å²) in [6.07, 6.45) is 0.810. The molecular formula is C15H20N6O3. The van der Waals surface area contributed by atoms with E-state index in [9.17, 15) is 14.4 Å². The Labute approximate surface area is 138 Å². The first-order valence-electron chi connectivity index (χ1n) is 7.68. The fourth-order valence-electron chi connectivity index (χ4n) is 1.99. The van der Waals surface area contributed by atoms with Crippen molar-refractivity contribution in [2.45, 2.75) is 32.9 Å². The molecule has 128 valence electrons. The van der Waals surface area contributed by atoms with Gasteiger partial charge in [0, 0.05) is 6.54 Å². The lowest BCUT2D eigenvalue weighted by Gasteiger charge is -2.13. The van der Waals surface area contributed by atoms with Crippen molar-refractivity contribution in [3.63, 3.8) is 0 Å². The Morgan fingerprint density at radius 1 is 1.21 bits per heavy atom. The van der Waals surface area contributed by atoms with Crippen molar-refractivity contribution in [2.24, 2.45) is 0 Å². The smallest absolute Gasteiger partial charge is 0.354 e. The van der Waals surface area contributed by atoms with Crippen LogP contribution >= 0.6 is 0 Å². The maximum atomic E-state index is 12.2. The van der Waals surface area contributed by atoms with Crippen LogP contribution in [0.5, 0.6) is 0 Å². The summed E-state index contributed by atoms with van der Waals surface area (Å²) in [6.45, 7) is 3.75. The first-order valence-corrected chi connectivity index (χ1v) is 7.68. The lowest BCUT2D eigenvalue weighted by atomic mass is 10.3. The predicted molar refractivity (Wildman–Crippen MR) is 86.5 cm³/mol. The van der Waals surface area contributed by atoms with Gasteiger partial charge in [0.05, 0.1) is 5.69 Å². The van der Waals surface area contributed by atoms with Crippen LogP contribution in [0.25, 0.3) is 5.69 Å². The molecule has 0 unspecified atom stereocenters. The summed E-state index contributed by atoms with van der Waals surface area (Å²) >= 11 is 0. The van der Waals surface area contributed by atoms with Gasteiger partial charge in [0.25, 0.3) is 0 Å². The Morgan fingerprint density at radius 2 is 1.92 bits per heavy atom. The maximum Gasteiger partial charge on any atom is 0.368 e. The molecule has 0 bridgehead atoms. The summed E-state index contributed by atoms with van der Waals surface area (Å²) in [5.41, 5.74) is 0.0286. The van der Waals surface area contributed by atoms with Gasteiger partial charge in [0.2, 0.25) is 11.8 Å². The quantitative estimate of drug-likeness (QED) is 0.707. The van der Waals surface area contributed by atoms with Crippen LogP contribution in [0.3, 0.4) is 0 Å². The molecule has 1 atom stereocenters. The van der Waals surface area contributed by atoms with Crippen LogP contribution in [-0.2, 0) is 16.1 Å². The minimum atomic E-state index is -0.691. The fourth-order valence-corrected chi connectivity index (χ4v) is 1.99. The van der Waals surface area contributed by atoms with Gasteiger partial charge in [-0.2, -0.15) is 9.36 Å². The average Bonchev–Trinajstić information content (AvgIpc) is 2.94. The summed E-state index contributed by atoms with van der Waals surface area (Å²) in [5.74, 6) is -0.762. The molecule has 0 fully saturated rings. The summed E-state index contributed by atoms with van der Waals surface area (Å²) < 4.78 is 2.05. The number of nitrogens with zero attached hydrogens (tertiary/aromatic N) is 4. The number of para-hydroxylation sites is 1. The van der Waals surface area contributed by atoms with E-state index in [4.69, 9.17) is 0 Å². The van der Waals surface area contributed by atoms with Gasteiger partial charge in [0.15, 0.2) is 0 Å². The Hall–Kier alpha value is -2.97. The zero-order valence-electron chi connectivity index (χ0n) is 13.6. The van der Waals surface area contributed by atoms with E-state index in [1.807, 2.05) is 13.0 Å². The normalized spacial score (nSPS) is 11.8. The fraction of sp³-hybridized carbons (Fsp3) is 0.400. The topological polar surface area (TPSA) is 111 Å². The number of hydrogen-bond donors (Lipinski definition) is 2. The van der Waals surface area contributed by atoms with Crippen LogP contribution in [0.4, 0.5) is 0 Å². The summed E-state index contributed by atoms with van der Waals surface area (Å²) in [4.78, 5) is 35.9. The molecule has 0 saturated carbocycles. The number of rotatable bonds is 7. The van der Waals surface area contributed by atoms with E-state index in [-0.39, 0.29) is 12.5 Å². The maximum absolute atomic E-state index is 12.2.